The minimum absolute atomic E-state index is 0.165. The Morgan fingerprint density at radius 2 is 1.94 bits per heavy atom. The van der Waals surface area contributed by atoms with Crippen LogP contribution >= 0.6 is 0 Å². The SMILES string of the molecule is COC(=O)C(c1cn(C)c2ccccc12)C(C)C. The molecule has 0 bridgehead atoms. The fourth-order valence-electron chi connectivity index (χ4n) is 2.51. The van der Waals surface area contributed by atoms with Crippen LogP contribution in [0.2, 0.25) is 0 Å². The van der Waals surface area contributed by atoms with Crippen LogP contribution in [0.25, 0.3) is 10.9 Å². The van der Waals surface area contributed by atoms with Crippen molar-refractivity contribution in [3.63, 3.8) is 0 Å². The number of carbonyl (C=O) groups is 1. The summed E-state index contributed by atoms with van der Waals surface area (Å²) < 4.78 is 7.00. The number of aromatic nitrogens is 1. The van der Waals surface area contributed by atoms with Gasteiger partial charge in [-0.15, -0.1) is 0 Å². The lowest BCUT2D eigenvalue weighted by Gasteiger charge is -2.17. The van der Waals surface area contributed by atoms with Gasteiger partial charge < -0.3 is 9.30 Å². The first-order valence-corrected chi connectivity index (χ1v) is 6.18. The highest BCUT2D eigenvalue weighted by molar-refractivity contribution is 5.90. The molecule has 3 nitrogen and oxygen atoms in total. The maximum absolute atomic E-state index is 12.0. The number of para-hydroxylation sites is 1. The van der Waals surface area contributed by atoms with Crippen LogP contribution in [0.15, 0.2) is 30.5 Å². The van der Waals surface area contributed by atoms with E-state index in [2.05, 4.69) is 16.7 Å². The van der Waals surface area contributed by atoms with Crippen molar-refractivity contribution in [2.45, 2.75) is 19.8 Å². The molecule has 0 amide bonds. The molecule has 0 aliphatic heterocycles. The van der Waals surface area contributed by atoms with Gasteiger partial charge in [0.25, 0.3) is 0 Å². The Morgan fingerprint density at radius 3 is 2.56 bits per heavy atom. The van der Waals surface area contributed by atoms with Gasteiger partial charge >= 0.3 is 5.97 Å². The third kappa shape index (κ3) is 2.01. The van der Waals surface area contributed by atoms with Gasteiger partial charge in [0.2, 0.25) is 0 Å². The summed E-state index contributed by atoms with van der Waals surface area (Å²) in [5, 5.41) is 1.13. The summed E-state index contributed by atoms with van der Waals surface area (Å²) in [6.45, 7) is 4.09. The van der Waals surface area contributed by atoms with Gasteiger partial charge in [0.1, 0.15) is 0 Å². The zero-order chi connectivity index (χ0) is 13.3. The molecule has 0 fully saturated rings. The molecule has 2 aromatic rings. The van der Waals surface area contributed by atoms with Crippen molar-refractivity contribution in [3.05, 3.63) is 36.0 Å². The Bertz CT molecular complexity index is 569. The lowest BCUT2D eigenvalue weighted by Crippen LogP contribution is -2.19. The molecule has 0 saturated heterocycles. The number of fused-ring (bicyclic) bond motifs is 1. The van der Waals surface area contributed by atoms with Crippen molar-refractivity contribution in [1.82, 2.24) is 4.57 Å². The van der Waals surface area contributed by atoms with Gasteiger partial charge in [0.05, 0.1) is 13.0 Å². The average Bonchev–Trinajstić information content (AvgIpc) is 2.67. The van der Waals surface area contributed by atoms with Crippen LogP contribution in [-0.4, -0.2) is 17.6 Å². The van der Waals surface area contributed by atoms with E-state index >= 15 is 0 Å². The van der Waals surface area contributed by atoms with Crippen molar-refractivity contribution in [3.8, 4) is 0 Å². The first-order chi connectivity index (χ1) is 8.56. The molecule has 18 heavy (non-hydrogen) atoms. The van der Waals surface area contributed by atoms with Gasteiger partial charge in [-0.3, -0.25) is 4.79 Å². The summed E-state index contributed by atoms with van der Waals surface area (Å²) in [5.74, 6) is -0.161. The largest absolute Gasteiger partial charge is 0.469 e. The van der Waals surface area contributed by atoms with E-state index in [9.17, 15) is 4.79 Å². The molecule has 2 rings (SSSR count). The van der Waals surface area contributed by atoms with Crippen LogP contribution in [0.5, 0.6) is 0 Å². The number of hydrogen-bond donors (Lipinski definition) is 0. The maximum atomic E-state index is 12.0. The van der Waals surface area contributed by atoms with E-state index < -0.39 is 0 Å². The van der Waals surface area contributed by atoms with Crippen molar-refractivity contribution < 1.29 is 9.53 Å². The maximum Gasteiger partial charge on any atom is 0.313 e. The summed E-state index contributed by atoms with van der Waals surface area (Å²) >= 11 is 0. The molecule has 1 aromatic carbocycles. The average molecular weight is 245 g/mol. The normalized spacial score (nSPS) is 12.9. The molecule has 0 aliphatic rings. The number of esters is 1. The quantitative estimate of drug-likeness (QED) is 0.778. The highest BCUT2D eigenvalue weighted by atomic mass is 16.5. The topological polar surface area (TPSA) is 31.2 Å². The van der Waals surface area contributed by atoms with Crippen LogP contribution in [0, 0.1) is 5.92 Å². The summed E-state index contributed by atoms with van der Waals surface area (Å²) in [6.07, 6.45) is 2.03. The molecule has 0 radical (unpaired) electrons. The second-order valence-corrected chi connectivity index (χ2v) is 4.96. The Kier molecular flexibility index (Phi) is 3.41. The molecular weight excluding hydrogens is 226 g/mol. The number of ether oxygens (including phenoxy) is 1. The molecule has 0 saturated carbocycles. The fraction of sp³-hybridized carbons (Fsp3) is 0.400. The molecule has 1 heterocycles. The first kappa shape index (κ1) is 12.7. The van der Waals surface area contributed by atoms with Gasteiger partial charge in [-0.2, -0.15) is 0 Å². The number of hydrogen-bond acceptors (Lipinski definition) is 2. The summed E-state index contributed by atoms with van der Waals surface area (Å²) in [5.41, 5.74) is 2.19. The number of aryl methyl sites for hydroxylation is 1. The lowest BCUT2D eigenvalue weighted by molar-refractivity contribution is -0.143. The summed E-state index contributed by atoms with van der Waals surface area (Å²) in [6, 6.07) is 8.13. The van der Waals surface area contributed by atoms with Crippen molar-refractivity contribution >= 4 is 16.9 Å². The van der Waals surface area contributed by atoms with Crippen LogP contribution in [-0.2, 0) is 16.6 Å². The van der Waals surface area contributed by atoms with Gasteiger partial charge in [0.15, 0.2) is 0 Å². The predicted octanol–water partition coefficient (Wildman–Crippen LogP) is 3.09. The second kappa shape index (κ2) is 4.84. The third-order valence-electron chi connectivity index (χ3n) is 3.38. The fourth-order valence-corrected chi connectivity index (χ4v) is 2.51. The number of nitrogens with zero attached hydrogens (tertiary/aromatic N) is 1. The standard InChI is InChI=1S/C15H19NO2/c1-10(2)14(15(17)18-4)12-9-16(3)13-8-6-5-7-11(12)13/h5-10,14H,1-4H3. The third-order valence-corrected chi connectivity index (χ3v) is 3.38. The minimum atomic E-state index is -0.207. The number of methoxy groups -OCH3 is 1. The van der Waals surface area contributed by atoms with Crippen LogP contribution in [0.1, 0.15) is 25.3 Å². The van der Waals surface area contributed by atoms with Crippen LogP contribution < -0.4 is 0 Å². The van der Waals surface area contributed by atoms with Gasteiger partial charge in [0, 0.05) is 24.1 Å². The number of rotatable bonds is 3. The Labute approximate surface area is 107 Å². The summed E-state index contributed by atoms with van der Waals surface area (Å²) in [7, 11) is 3.45. The van der Waals surface area contributed by atoms with Crippen molar-refractivity contribution in [2.24, 2.45) is 13.0 Å². The van der Waals surface area contributed by atoms with Crippen LogP contribution in [0.4, 0.5) is 0 Å². The molecule has 1 aromatic heterocycles. The second-order valence-electron chi connectivity index (χ2n) is 4.96. The van der Waals surface area contributed by atoms with E-state index in [1.807, 2.05) is 39.2 Å². The molecule has 0 N–H and O–H groups in total. The monoisotopic (exact) mass is 245 g/mol. The van der Waals surface area contributed by atoms with Crippen molar-refractivity contribution in [2.75, 3.05) is 7.11 Å². The molecular formula is C15H19NO2. The van der Waals surface area contributed by atoms with Gasteiger partial charge in [-0.25, -0.2) is 0 Å². The van der Waals surface area contributed by atoms with Crippen molar-refractivity contribution in [1.29, 1.82) is 0 Å². The van der Waals surface area contributed by atoms with Gasteiger partial charge in [-0.05, 0) is 17.5 Å². The summed E-state index contributed by atoms with van der Waals surface area (Å²) in [4.78, 5) is 12.0. The Morgan fingerprint density at radius 1 is 1.28 bits per heavy atom. The predicted molar refractivity (Wildman–Crippen MR) is 72.5 cm³/mol. The number of benzene rings is 1. The van der Waals surface area contributed by atoms with E-state index in [1.54, 1.807) is 0 Å². The van der Waals surface area contributed by atoms with Crippen LogP contribution in [0.3, 0.4) is 0 Å². The molecule has 1 unspecified atom stereocenters. The lowest BCUT2D eigenvalue weighted by atomic mass is 9.88. The van der Waals surface area contributed by atoms with E-state index in [0.717, 1.165) is 16.5 Å². The molecule has 96 valence electrons. The Hall–Kier alpha value is -1.77. The minimum Gasteiger partial charge on any atom is -0.469 e. The van der Waals surface area contributed by atoms with E-state index in [4.69, 9.17) is 4.74 Å². The molecule has 3 heteroatoms. The van der Waals surface area contributed by atoms with E-state index in [0.29, 0.717) is 0 Å². The zero-order valence-electron chi connectivity index (χ0n) is 11.3. The smallest absolute Gasteiger partial charge is 0.313 e. The number of carbonyl (C=O) groups excluding carboxylic acids is 1. The first-order valence-electron chi connectivity index (χ1n) is 6.18. The van der Waals surface area contributed by atoms with Gasteiger partial charge in [-0.1, -0.05) is 32.0 Å². The molecule has 0 aliphatic carbocycles. The van der Waals surface area contributed by atoms with E-state index in [-0.39, 0.29) is 17.8 Å². The zero-order valence-corrected chi connectivity index (χ0v) is 11.3. The van der Waals surface area contributed by atoms with E-state index in [1.165, 1.54) is 7.11 Å². The molecule has 0 spiro atoms. The highest BCUT2D eigenvalue weighted by Crippen LogP contribution is 2.32. The highest BCUT2D eigenvalue weighted by Gasteiger charge is 2.27. The molecule has 1 atom stereocenters. The Balaban J connectivity index is 2.61.